The van der Waals surface area contributed by atoms with Crippen LogP contribution >= 0.6 is 0 Å². The molecule has 1 aromatic heterocycles. The zero-order valence-corrected chi connectivity index (χ0v) is 11.7. The topological polar surface area (TPSA) is 62.5 Å². The normalized spacial score (nSPS) is 19.1. The smallest absolute Gasteiger partial charge is 0.257 e. The summed E-state index contributed by atoms with van der Waals surface area (Å²) in [5.74, 6) is 0.000237. The van der Waals surface area contributed by atoms with Crippen molar-refractivity contribution in [2.45, 2.75) is 26.3 Å². The Balaban J connectivity index is 2.05. The lowest BCUT2D eigenvalue weighted by atomic mass is 10.2. The highest BCUT2D eigenvalue weighted by Crippen LogP contribution is 2.19. The van der Waals surface area contributed by atoms with Crippen LogP contribution in [0.3, 0.4) is 0 Å². The maximum atomic E-state index is 12.4. The Morgan fingerprint density at radius 2 is 2.26 bits per heavy atom. The Morgan fingerprint density at radius 1 is 1.53 bits per heavy atom. The molecule has 1 atom stereocenters. The van der Waals surface area contributed by atoms with Crippen LogP contribution in [0.2, 0.25) is 0 Å². The molecule has 0 aromatic carbocycles. The van der Waals surface area contributed by atoms with Crippen molar-refractivity contribution in [2.24, 2.45) is 0 Å². The van der Waals surface area contributed by atoms with Crippen molar-refractivity contribution >= 4 is 11.6 Å². The summed E-state index contributed by atoms with van der Waals surface area (Å²) in [6.45, 7) is 7.96. The van der Waals surface area contributed by atoms with E-state index in [9.17, 15) is 4.79 Å². The summed E-state index contributed by atoms with van der Waals surface area (Å²) in [6, 6.07) is 2.14. The van der Waals surface area contributed by atoms with Gasteiger partial charge >= 0.3 is 0 Å². The number of nitrogens with two attached hydrogens (primary N) is 1. The molecule has 1 aliphatic rings. The van der Waals surface area contributed by atoms with Gasteiger partial charge in [-0.2, -0.15) is 0 Å². The molecule has 1 aromatic rings. The number of likely N-dealkylation sites (N-methyl/N-ethyl adjacent to an activating group) is 1. The molecule has 0 bridgehead atoms. The summed E-state index contributed by atoms with van der Waals surface area (Å²) >= 11 is 0. The van der Waals surface area contributed by atoms with E-state index in [1.54, 1.807) is 18.5 Å². The predicted molar refractivity (Wildman–Crippen MR) is 75.9 cm³/mol. The molecule has 0 unspecified atom stereocenters. The fraction of sp³-hybridized carbons (Fsp3) is 0.571. The van der Waals surface area contributed by atoms with Crippen LogP contribution in [0.25, 0.3) is 0 Å². The van der Waals surface area contributed by atoms with Crippen LogP contribution in [0.15, 0.2) is 18.5 Å². The first-order valence-electron chi connectivity index (χ1n) is 6.90. The molecule has 0 aliphatic carbocycles. The van der Waals surface area contributed by atoms with E-state index in [-0.39, 0.29) is 5.91 Å². The third kappa shape index (κ3) is 2.87. The van der Waals surface area contributed by atoms with Gasteiger partial charge in [0, 0.05) is 37.2 Å². The highest BCUT2D eigenvalue weighted by molar-refractivity contribution is 5.98. The van der Waals surface area contributed by atoms with Gasteiger partial charge in [0.2, 0.25) is 0 Å². The largest absolute Gasteiger partial charge is 0.398 e. The fourth-order valence-corrected chi connectivity index (χ4v) is 2.72. The van der Waals surface area contributed by atoms with E-state index >= 15 is 0 Å². The molecule has 5 nitrogen and oxygen atoms in total. The second kappa shape index (κ2) is 6.02. The molecule has 2 heterocycles. The van der Waals surface area contributed by atoms with Gasteiger partial charge in [0.25, 0.3) is 5.91 Å². The van der Waals surface area contributed by atoms with E-state index in [0.29, 0.717) is 17.3 Å². The highest BCUT2D eigenvalue weighted by Gasteiger charge is 2.30. The Bertz CT molecular complexity index is 445. The zero-order valence-electron chi connectivity index (χ0n) is 11.7. The number of rotatable bonds is 4. The first kappa shape index (κ1) is 13.8. The fourth-order valence-electron chi connectivity index (χ4n) is 2.72. The summed E-state index contributed by atoms with van der Waals surface area (Å²) < 4.78 is 0. The molecule has 104 valence electrons. The molecule has 5 heteroatoms. The number of likely N-dealkylation sites (tertiary alicyclic amines) is 1. The zero-order chi connectivity index (χ0) is 13.8. The van der Waals surface area contributed by atoms with Crippen molar-refractivity contribution in [3.8, 4) is 0 Å². The molecule has 1 fully saturated rings. The number of carbonyl (C=O) groups is 1. The molecule has 1 amide bonds. The first-order valence-corrected chi connectivity index (χ1v) is 6.90. The van der Waals surface area contributed by atoms with Gasteiger partial charge in [0.05, 0.1) is 5.56 Å². The molecular weight excluding hydrogens is 240 g/mol. The standard InChI is InChI=1S/C14H22N4O/c1-3-17(4-2)11-6-8-18(10-11)14(19)12-9-16-7-5-13(12)15/h5,7,9,11H,3-4,6,8,10H2,1-2H3,(H2,15,16)/t11-/m0/s1. The number of nitrogen functional groups attached to an aromatic ring is 1. The minimum Gasteiger partial charge on any atom is -0.398 e. The average molecular weight is 262 g/mol. The Morgan fingerprint density at radius 3 is 2.89 bits per heavy atom. The van der Waals surface area contributed by atoms with Gasteiger partial charge in [0.1, 0.15) is 0 Å². The lowest BCUT2D eigenvalue weighted by molar-refractivity contribution is 0.0778. The van der Waals surface area contributed by atoms with Crippen LogP contribution < -0.4 is 5.73 Å². The number of pyridine rings is 1. The predicted octanol–water partition coefficient (Wildman–Crippen LogP) is 1.22. The summed E-state index contributed by atoms with van der Waals surface area (Å²) in [5.41, 5.74) is 6.86. The maximum absolute atomic E-state index is 12.4. The quantitative estimate of drug-likeness (QED) is 0.886. The summed E-state index contributed by atoms with van der Waals surface area (Å²) in [5, 5.41) is 0. The van der Waals surface area contributed by atoms with Gasteiger partial charge in [0.15, 0.2) is 0 Å². The van der Waals surface area contributed by atoms with Crippen LogP contribution in [0.5, 0.6) is 0 Å². The van der Waals surface area contributed by atoms with E-state index in [0.717, 1.165) is 32.6 Å². The van der Waals surface area contributed by atoms with Gasteiger partial charge in [-0.05, 0) is 25.6 Å². The van der Waals surface area contributed by atoms with Crippen molar-refractivity contribution in [1.29, 1.82) is 0 Å². The second-order valence-corrected chi connectivity index (χ2v) is 4.88. The Hall–Kier alpha value is -1.62. The first-order chi connectivity index (χ1) is 9.17. The van der Waals surface area contributed by atoms with E-state index in [2.05, 4.69) is 23.7 Å². The van der Waals surface area contributed by atoms with Crippen LogP contribution in [0.4, 0.5) is 5.69 Å². The van der Waals surface area contributed by atoms with Crippen LogP contribution in [-0.4, -0.2) is 52.9 Å². The van der Waals surface area contributed by atoms with E-state index in [1.807, 2.05) is 4.90 Å². The average Bonchev–Trinajstić information content (AvgIpc) is 2.90. The number of amides is 1. The molecule has 0 radical (unpaired) electrons. The number of hydrogen-bond donors (Lipinski definition) is 1. The van der Waals surface area contributed by atoms with Crippen molar-refractivity contribution in [1.82, 2.24) is 14.8 Å². The van der Waals surface area contributed by atoms with Gasteiger partial charge in [-0.15, -0.1) is 0 Å². The van der Waals surface area contributed by atoms with Crippen molar-refractivity contribution in [2.75, 3.05) is 31.9 Å². The van der Waals surface area contributed by atoms with Crippen molar-refractivity contribution in [3.05, 3.63) is 24.0 Å². The van der Waals surface area contributed by atoms with Crippen molar-refractivity contribution < 1.29 is 4.79 Å². The molecule has 0 spiro atoms. The minimum absolute atomic E-state index is 0.000237. The minimum atomic E-state index is 0.000237. The van der Waals surface area contributed by atoms with Crippen molar-refractivity contribution in [3.63, 3.8) is 0 Å². The molecule has 0 saturated carbocycles. The van der Waals surface area contributed by atoms with Gasteiger partial charge in [-0.1, -0.05) is 13.8 Å². The monoisotopic (exact) mass is 262 g/mol. The molecule has 1 saturated heterocycles. The van der Waals surface area contributed by atoms with Crippen LogP contribution in [0.1, 0.15) is 30.6 Å². The van der Waals surface area contributed by atoms with Crippen LogP contribution in [0, 0.1) is 0 Å². The lowest BCUT2D eigenvalue weighted by Gasteiger charge is -2.26. The van der Waals surface area contributed by atoms with Gasteiger partial charge in [-0.25, -0.2) is 0 Å². The molecule has 1 aliphatic heterocycles. The number of hydrogen-bond acceptors (Lipinski definition) is 4. The lowest BCUT2D eigenvalue weighted by Crippen LogP contribution is -2.38. The summed E-state index contributed by atoms with van der Waals surface area (Å²) in [4.78, 5) is 20.7. The Kier molecular flexibility index (Phi) is 4.37. The molecule has 2 N–H and O–H groups in total. The molecular formula is C14H22N4O. The number of anilines is 1. The van der Waals surface area contributed by atoms with E-state index in [1.165, 1.54) is 0 Å². The van der Waals surface area contributed by atoms with E-state index < -0.39 is 0 Å². The molecule has 19 heavy (non-hydrogen) atoms. The van der Waals surface area contributed by atoms with Gasteiger partial charge < -0.3 is 10.6 Å². The van der Waals surface area contributed by atoms with E-state index in [4.69, 9.17) is 5.73 Å². The third-order valence-corrected chi connectivity index (χ3v) is 3.86. The van der Waals surface area contributed by atoms with Crippen LogP contribution in [-0.2, 0) is 0 Å². The summed E-state index contributed by atoms with van der Waals surface area (Å²) in [6.07, 6.45) is 4.20. The third-order valence-electron chi connectivity index (χ3n) is 3.86. The van der Waals surface area contributed by atoms with Gasteiger partial charge in [-0.3, -0.25) is 14.7 Å². The highest BCUT2D eigenvalue weighted by atomic mass is 16.2. The SMILES string of the molecule is CCN(CC)[C@H]1CCN(C(=O)c2cnccc2N)C1. The summed E-state index contributed by atoms with van der Waals surface area (Å²) in [7, 11) is 0. The molecule has 2 rings (SSSR count). The second-order valence-electron chi connectivity index (χ2n) is 4.88. The number of nitrogens with zero attached hydrogens (tertiary/aromatic N) is 3. The number of carbonyl (C=O) groups excluding carboxylic acids is 1. The maximum Gasteiger partial charge on any atom is 0.257 e. The number of aromatic nitrogens is 1. The Labute approximate surface area is 114 Å².